The van der Waals surface area contributed by atoms with Crippen LogP contribution in [-0.4, -0.2) is 42.4 Å². The van der Waals surface area contributed by atoms with Gasteiger partial charge in [-0.2, -0.15) is 0 Å². The van der Waals surface area contributed by atoms with Gasteiger partial charge < -0.3 is 15.2 Å². The van der Waals surface area contributed by atoms with Crippen LogP contribution >= 0.6 is 0 Å². The molecule has 2 heterocycles. The first kappa shape index (κ1) is 12.0. The molecule has 0 atom stereocenters. The molecule has 1 aromatic rings. The lowest BCUT2D eigenvalue weighted by Gasteiger charge is -2.37. The molecule has 2 rings (SSSR count). The highest BCUT2D eigenvalue weighted by Gasteiger charge is 2.45. The summed E-state index contributed by atoms with van der Waals surface area (Å²) in [5.74, 6) is -0.778. The first-order valence-electron chi connectivity index (χ1n) is 5.64. The number of aliphatic carboxylic acids is 1. The molecule has 0 bridgehead atoms. The van der Waals surface area contributed by atoms with E-state index in [1.54, 1.807) is 12.4 Å². The zero-order chi connectivity index (χ0) is 12.1. The standard InChI is InChI=1S/C12H16N2O3/c15-11(16)12(8-17-9-12)7-14-6-3-10-1-4-13-5-2-10/h1-2,4-5,14H,3,6-9H2,(H,15,16). The van der Waals surface area contributed by atoms with E-state index in [1.165, 1.54) is 5.56 Å². The van der Waals surface area contributed by atoms with Crippen LogP contribution in [0, 0.1) is 5.41 Å². The van der Waals surface area contributed by atoms with Gasteiger partial charge in [0.05, 0.1) is 13.2 Å². The number of nitrogens with one attached hydrogen (secondary N) is 1. The van der Waals surface area contributed by atoms with Crippen LogP contribution in [0.4, 0.5) is 0 Å². The fraction of sp³-hybridized carbons (Fsp3) is 0.500. The summed E-state index contributed by atoms with van der Waals surface area (Å²) in [6, 6.07) is 3.92. The molecule has 0 aliphatic carbocycles. The van der Waals surface area contributed by atoms with Crippen LogP contribution in [0.5, 0.6) is 0 Å². The molecule has 5 nitrogen and oxygen atoms in total. The maximum atomic E-state index is 11.0. The highest BCUT2D eigenvalue weighted by atomic mass is 16.5. The fourth-order valence-electron chi connectivity index (χ4n) is 1.76. The Labute approximate surface area is 99.8 Å². The van der Waals surface area contributed by atoms with Gasteiger partial charge in [0.15, 0.2) is 0 Å². The number of ether oxygens (including phenoxy) is 1. The van der Waals surface area contributed by atoms with Gasteiger partial charge in [-0.1, -0.05) is 0 Å². The molecule has 17 heavy (non-hydrogen) atoms. The van der Waals surface area contributed by atoms with Gasteiger partial charge >= 0.3 is 5.97 Å². The van der Waals surface area contributed by atoms with Crippen molar-refractivity contribution in [3.63, 3.8) is 0 Å². The number of aromatic nitrogens is 1. The minimum atomic E-state index is -0.778. The summed E-state index contributed by atoms with van der Waals surface area (Å²) in [5, 5.41) is 12.2. The minimum Gasteiger partial charge on any atom is -0.481 e. The maximum Gasteiger partial charge on any atom is 0.315 e. The van der Waals surface area contributed by atoms with Crippen LogP contribution in [0.25, 0.3) is 0 Å². The zero-order valence-electron chi connectivity index (χ0n) is 9.56. The largest absolute Gasteiger partial charge is 0.481 e. The quantitative estimate of drug-likeness (QED) is 0.696. The number of carboxylic acid groups (broad SMARTS) is 1. The number of hydrogen-bond donors (Lipinski definition) is 2. The molecule has 1 fully saturated rings. The Hall–Kier alpha value is -1.46. The number of nitrogens with zero attached hydrogens (tertiary/aromatic N) is 1. The Morgan fingerprint density at radius 3 is 2.71 bits per heavy atom. The van der Waals surface area contributed by atoms with Crippen LogP contribution in [0.2, 0.25) is 0 Å². The summed E-state index contributed by atoms with van der Waals surface area (Å²) in [4.78, 5) is 15.0. The number of carbonyl (C=O) groups is 1. The van der Waals surface area contributed by atoms with Crippen molar-refractivity contribution in [2.45, 2.75) is 6.42 Å². The average Bonchev–Trinajstić information content (AvgIpc) is 2.27. The van der Waals surface area contributed by atoms with Crippen molar-refractivity contribution >= 4 is 5.97 Å². The smallest absolute Gasteiger partial charge is 0.315 e. The fourth-order valence-corrected chi connectivity index (χ4v) is 1.76. The van der Waals surface area contributed by atoms with Crippen molar-refractivity contribution in [3.05, 3.63) is 30.1 Å². The van der Waals surface area contributed by atoms with Crippen molar-refractivity contribution in [1.82, 2.24) is 10.3 Å². The van der Waals surface area contributed by atoms with E-state index < -0.39 is 11.4 Å². The molecule has 1 saturated heterocycles. The van der Waals surface area contributed by atoms with Gasteiger partial charge in [-0.15, -0.1) is 0 Å². The molecule has 0 unspecified atom stereocenters. The highest BCUT2D eigenvalue weighted by molar-refractivity contribution is 5.76. The summed E-state index contributed by atoms with van der Waals surface area (Å²) in [6.07, 6.45) is 4.39. The van der Waals surface area contributed by atoms with Crippen LogP contribution in [0.3, 0.4) is 0 Å². The monoisotopic (exact) mass is 236 g/mol. The summed E-state index contributed by atoms with van der Waals surface area (Å²) in [5.41, 5.74) is 0.486. The molecular weight excluding hydrogens is 220 g/mol. The maximum absolute atomic E-state index is 11.0. The molecule has 1 aliphatic heterocycles. The van der Waals surface area contributed by atoms with Crippen LogP contribution < -0.4 is 5.32 Å². The third kappa shape index (κ3) is 2.81. The Kier molecular flexibility index (Phi) is 3.71. The lowest BCUT2D eigenvalue weighted by atomic mass is 9.86. The van der Waals surface area contributed by atoms with Crippen molar-refractivity contribution in [3.8, 4) is 0 Å². The second-order valence-electron chi connectivity index (χ2n) is 4.36. The third-order valence-electron chi connectivity index (χ3n) is 3.01. The number of rotatable bonds is 6. The van der Waals surface area contributed by atoms with E-state index in [0.717, 1.165) is 13.0 Å². The molecule has 1 aromatic heterocycles. The summed E-state index contributed by atoms with van der Waals surface area (Å²) >= 11 is 0. The van der Waals surface area contributed by atoms with Gasteiger partial charge in [0.1, 0.15) is 5.41 Å². The first-order valence-corrected chi connectivity index (χ1v) is 5.64. The Morgan fingerprint density at radius 1 is 1.47 bits per heavy atom. The van der Waals surface area contributed by atoms with E-state index in [1.807, 2.05) is 12.1 Å². The molecule has 0 radical (unpaired) electrons. The van der Waals surface area contributed by atoms with Crippen molar-refractivity contribution in [1.29, 1.82) is 0 Å². The van der Waals surface area contributed by atoms with Gasteiger partial charge in [-0.25, -0.2) is 0 Å². The molecular formula is C12H16N2O3. The normalized spacial score (nSPS) is 17.4. The van der Waals surface area contributed by atoms with Gasteiger partial charge in [0.2, 0.25) is 0 Å². The Bertz CT molecular complexity index is 377. The van der Waals surface area contributed by atoms with E-state index >= 15 is 0 Å². The SMILES string of the molecule is O=C(O)C1(CNCCc2ccncc2)COC1. The highest BCUT2D eigenvalue weighted by Crippen LogP contribution is 2.26. The topological polar surface area (TPSA) is 71.5 Å². The second kappa shape index (κ2) is 5.25. The third-order valence-corrected chi connectivity index (χ3v) is 3.01. The zero-order valence-corrected chi connectivity index (χ0v) is 9.56. The van der Waals surface area contributed by atoms with Gasteiger partial charge in [-0.3, -0.25) is 9.78 Å². The Morgan fingerprint density at radius 2 is 2.18 bits per heavy atom. The lowest BCUT2D eigenvalue weighted by molar-refractivity contribution is -0.178. The molecule has 1 aliphatic rings. The van der Waals surface area contributed by atoms with Gasteiger partial charge in [0, 0.05) is 18.9 Å². The average molecular weight is 236 g/mol. The van der Waals surface area contributed by atoms with E-state index in [2.05, 4.69) is 10.3 Å². The molecule has 0 spiro atoms. The summed E-state index contributed by atoms with van der Waals surface area (Å²) in [6.45, 7) is 1.85. The summed E-state index contributed by atoms with van der Waals surface area (Å²) < 4.78 is 4.99. The van der Waals surface area contributed by atoms with Crippen LogP contribution in [-0.2, 0) is 16.0 Å². The molecule has 92 valence electrons. The van der Waals surface area contributed by atoms with E-state index in [-0.39, 0.29) is 0 Å². The van der Waals surface area contributed by atoms with Crippen LogP contribution in [0.15, 0.2) is 24.5 Å². The second-order valence-corrected chi connectivity index (χ2v) is 4.36. The summed E-state index contributed by atoms with van der Waals surface area (Å²) in [7, 11) is 0. The lowest BCUT2D eigenvalue weighted by Crippen LogP contribution is -2.55. The number of pyridine rings is 1. The van der Waals surface area contributed by atoms with Crippen molar-refractivity contribution in [2.75, 3.05) is 26.3 Å². The van der Waals surface area contributed by atoms with E-state index in [0.29, 0.717) is 19.8 Å². The van der Waals surface area contributed by atoms with Gasteiger partial charge in [0.25, 0.3) is 0 Å². The van der Waals surface area contributed by atoms with E-state index in [4.69, 9.17) is 9.84 Å². The minimum absolute atomic E-state index is 0.310. The van der Waals surface area contributed by atoms with Crippen molar-refractivity contribution < 1.29 is 14.6 Å². The number of carboxylic acids is 1. The predicted octanol–water partition coefficient (Wildman–Crippen LogP) is 0.315. The molecule has 0 aromatic carbocycles. The van der Waals surface area contributed by atoms with Crippen LogP contribution in [0.1, 0.15) is 5.56 Å². The molecule has 0 amide bonds. The molecule has 5 heteroatoms. The van der Waals surface area contributed by atoms with Crippen molar-refractivity contribution in [2.24, 2.45) is 5.41 Å². The van der Waals surface area contributed by atoms with Gasteiger partial charge in [-0.05, 0) is 30.7 Å². The number of hydrogen-bond acceptors (Lipinski definition) is 4. The molecule has 0 saturated carbocycles. The van der Waals surface area contributed by atoms with E-state index in [9.17, 15) is 4.79 Å². The molecule has 2 N–H and O–H groups in total. The Balaban J connectivity index is 1.71. The predicted molar refractivity (Wildman–Crippen MR) is 61.7 cm³/mol. The first-order chi connectivity index (χ1) is 8.23.